The first-order valence-corrected chi connectivity index (χ1v) is 12.7. The van der Waals surface area contributed by atoms with E-state index in [2.05, 4.69) is 5.32 Å². The first-order chi connectivity index (χ1) is 18.4. The predicted octanol–water partition coefficient (Wildman–Crippen LogP) is 4.95. The molecular weight excluding hydrogens is 538 g/mol. The van der Waals surface area contributed by atoms with Crippen molar-refractivity contribution in [2.45, 2.75) is 56.9 Å². The van der Waals surface area contributed by atoms with Crippen LogP contribution in [-0.2, 0) is 16.1 Å². The Morgan fingerprint density at radius 1 is 1.15 bits per heavy atom. The number of aliphatic carboxylic acids is 1. The summed E-state index contributed by atoms with van der Waals surface area (Å²) in [7, 11) is 2.77. The average molecular weight is 571 g/mol. The fourth-order valence-corrected chi connectivity index (χ4v) is 5.07. The molecule has 0 saturated heterocycles. The summed E-state index contributed by atoms with van der Waals surface area (Å²) in [6.45, 7) is 3.46. The molecule has 3 N–H and O–H groups in total. The van der Waals surface area contributed by atoms with Crippen molar-refractivity contribution >= 4 is 23.6 Å². The standard InChI is InChI=1S/C27H33ClF2N2O7/c1-16(19-12-20(37-3)21(17(2)33)23(38-4)22(19)28)32(10-11-39-13-18-8-6-5-7-9-18)25(36)31-26(24(34)35)14-27(29,30)15-26/h5-9,12,16-17,33H,10-11,13-15H2,1-4H3,(H,31,36)(H,34,35)/t16-,17?/m1/s1. The van der Waals surface area contributed by atoms with Crippen LogP contribution < -0.4 is 14.8 Å². The van der Waals surface area contributed by atoms with E-state index < -0.39 is 48.4 Å². The van der Waals surface area contributed by atoms with Crippen LogP contribution in [0.4, 0.5) is 13.6 Å². The van der Waals surface area contributed by atoms with Gasteiger partial charge in [0, 0.05) is 24.9 Å². The van der Waals surface area contributed by atoms with Gasteiger partial charge in [0.15, 0.2) is 5.54 Å². The van der Waals surface area contributed by atoms with Crippen molar-refractivity contribution in [1.29, 1.82) is 0 Å². The molecule has 1 fully saturated rings. The Morgan fingerprint density at radius 3 is 2.31 bits per heavy atom. The van der Waals surface area contributed by atoms with E-state index in [0.29, 0.717) is 11.1 Å². The second-order valence-corrected chi connectivity index (χ2v) is 9.92. The van der Waals surface area contributed by atoms with Crippen molar-refractivity contribution < 1.29 is 42.8 Å². The third-order valence-corrected chi connectivity index (χ3v) is 7.12. The zero-order chi connectivity index (χ0) is 29.0. The highest BCUT2D eigenvalue weighted by atomic mass is 35.5. The minimum absolute atomic E-state index is 0.0228. The summed E-state index contributed by atoms with van der Waals surface area (Å²) in [4.78, 5) is 26.6. The molecule has 3 rings (SSSR count). The lowest BCUT2D eigenvalue weighted by Gasteiger charge is -2.45. The summed E-state index contributed by atoms with van der Waals surface area (Å²) < 4.78 is 44.0. The van der Waals surface area contributed by atoms with Gasteiger partial charge >= 0.3 is 12.0 Å². The van der Waals surface area contributed by atoms with Gasteiger partial charge in [-0.15, -0.1) is 0 Å². The van der Waals surface area contributed by atoms with Gasteiger partial charge in [0.2, 0.25) is 0 Å². The first kappa shape index (κ1) is 30.4. The van der Waals surface area contributed by atoms with E-state index in [9.17, 15) is 28.6 Å². The van der Waals surface area contributed by atoms with Gasteiger partial charge in [-0.1, -0.05) is 41.9 Å². The van der Waals surface area contributed by atoms with Crippen molar-refractivity contribution in [3.63, 3.8) is 0 Å². The fourth-order valence-electron chi connectivity index (χ4n) is 4.68. The van der Waals surface area contributed by atoms with Crippen LogP contribution >= 0.6 is 11.6 Å². The normalized spacial score (nSPS) is 16.9. The van der Waals surface area contributed by atoms with E-state index in [1.54, 1.807) is 13.0 Å². The molecule has 214 valence electrons. The highest BCUT2D eigenvalue weighted by Gasteiger charge is 2.62. The van der Waals surface area contributed by atoms with E-state index in [1.807, 2.05) is 30.3 Å². The van der Waals surface area contributed by atoms with Gasteiger partial charge in [0.1, 0.15) is 11.5 Å². The maximum atomic E-state index is 13.7. The number of carboxylic acids is 1. The van der Waals surface area contributed by atoms with E-state index in [4.69, 9.17) is 25.8 Å². The number of hydrogen-bond acceptors (Lipinski definition) is 6. The number of carbonyl (C=O) groups is 2. The van der Waals surface area contributed by atoms with E-state index in [1.165, 1.54) is 26.0 Å². The molecule has 1 aliphatic carbocycles. The number of halogens is 3. The van der Waals surface area contributed by atoms with Gasteiger partial charge in [0.05, 0.1) is 50.2 Å². The molecule has 0 aromatic heterocycles. The third kappa shape index (κ3) is 6.71. The maximum absolute atomic E-state index is 13.7. The summed E-state index contributed by atoms with van der Waals surface area (Å²) in [6, 6.07) is 9.21. The Morgan fingerprint density at radius 2 is 1.79 bits per heavy atom. The van der Waals surface area contributed by atoms with E-state index in [0.717, 1.165) is 5.56 Å². The Kier molecular flexibility index (Phi) is 9.63. The number of aliphatic hydroxyl groups excluding tert-OH is 1. The molecule has 0 aliphatic heterocycles. The largest absolute Gasteiger partial charge is 0.496 e. The van der Waals surface area contributed by atoms with Crippen LogP contribution in [0.15, 0.2) is 36.4 Å². The fraction of sp³-hybridized carbons (Fsp3) is 0.481. The zero-order valence-electron chi connectivity index (χ0n) is 22.2. The third-order valence-electron chi connectivity index (χ3n) is 6.73. The first-order valence-electron chi connectivity index (χ1n) is 12.3. The second-order valence-electron chi connectivity index (χ2n) is 9.54. The quantitative estimate of drug-likeness (QED) is 0.309. The monoisotopic (exact) mass is 570 g/mol. The minimum Gasteiger partial charge on any atom is -0.496 e. The molecule has 2 atom stereocenters. The molecule has 9 nitrogen and oxygen atoms in total. The molecule has 2 aromatic rings. The molecule has 2 amide bonds. The smallest absolute Gasteiger partial charge is 0.329 e. The Hall–Kier alpha value is -3.15. The van der Waals surface area contributed by atoms with Gasteiger partial charge in [-0.25, -0.2) is 18.4 Å². The van der Waals surface area contributed by atoms with Crippen LogP contribution in [0.25, 0.3) is 0 Å². The summed E-state index contributed by atoms with van der Waals surface area (Å²) in [5, 5.41) is 22.3. The number of nitrogens with zero attached hydrogens (tertiary/aromatic N) is 1. The van der Waals surface area contributed by atoms with Crippen LogP contribution in [0, 0.1) is 0 Å². The minimum atomic E-state index is -3.19. The number of alkyl halides is 2. The number of amides is 2. The second kappa shape index (κ2) is 12.4. The topological polar surface area (TPSA) is 118 Å². The SMILES string of the molecule is COc1cc([C@@H](C)N(CCOCc2ccccc2)C(=O)NC2(C(=O)O)CC(F)(F)C2)c(Cl)c(OC)c1C(C)O. The van der Waals surface area contributed by atoms with Crippen molar-refractivity contribution in [3.8, 4) is 11.5 Å². The number of carbonyl (C=O) groups excluding carboxylic acids is 1. The van der Waals surface area contributed by atoms with Crippen LogP contribution in [-0.4, -0.2) is 65.9 Å². The lowest BCUT2D eigenvalue weighted by atomic mass is 9.73. The molecule has 12 heteroatoms. The van der Waals surface area contributed by atoms with Crippen LogP contribution in [0.2, 0.25) is 5.02 Å². The van der Waals surface area contributed by atoms with Crippen molar-refractivity contribution in [3.05, 3.63) is 58.1 Å². The molecule has 1 unspecified atom stereocenters. The van der Waals surface area contributed by atoms with Crippen LogP contribution in [0.1, 0.15) is 55.5 Å². The molecule has 2 aromatic carbocycles. The number of hydrogen-bond donors (Lipinski definition) is 3. The van der Waals surface area contributed by atoms with Gasteiger partial charge in [-0.05, 0) is 25.5 Å². The van der Waals surface area contributed by atoms with Gasteiger partial charge in [-0.3, -0.25) is 0 Å². The van der Waals surface area contributed by atoms with Crippen LogP contribution in [0.5, 0.6) is 11.5 Å². The number of nitrogens with one attached hydrogen (secondary N) is 1. The van der Waals surface area contributed by atoms with Crippen molar-refractivity contribution in [2.24, 2.45) is 0 Å². The highest BCUT2D eigenvalue weighted by Crippen LogP contribution is 2.47. The summed E-state index contributed by atoms with van der Waals surface area (Å²) in [5.74, 6) is -4.33. The van der Waals surface area contributed by atoms with E-state index >= 15 is 0 Å². The number of carboxylic acid groups (broad SMARTS) is 1. The van der Waals surface area contributed by atoms with E-state index in [-0.39, 0.29) is 36.3 Å². The predicted molar refractivity (Wildman–Crippen MR) is 139 cm³/mol. The molecule has 39 heavy (non-hydrogen) atoms. The number of rotatable bonds is 12. The molecule has 1 saturated carbocycles. The summed E-state index contributed by atoms with van der Waals surface area (Å²) in [6.07, 6.45) is -3.02. The van der Waals surface area contributed by atoms with Crippen molar-refractivity contribution in [2.75, 3.05) is 27.4 Å². The Bertz CT molecular complexity index is 1170. The molecule has 0 bridgehead atoms. The number of methoxy groups -OCH3 is 2. The lowest BCUT2D eigenvalue weighted by molar-refractivity contribution is -0.175. The lowest BCUT2D eigenvalue weighted by Crippen LogP contribution is -2.68. The molecular formula is C27H33ClF2N2O7. The highest BCUT2D eigenvalue weighted by molar-refractivity contribution is 6.33. The molecule has 0 heterocycles. The molecule has 0 spiro atoms. The summed E-state index contributed by atoms with van der Waals surface area (Å²) in [5.41, 5.74) is -0.506. The number of benzene rings is 2. The Labute approximate surface area is 230 Å². The number of urea groups is 1. The molecule has 0 radical (unpaired) electrons. The van der Waals surface area contributed by atoms with Gasteiger partial charge < -0.3 is 34.6 Å². The van der Waals surface area contributed by atoms with Gasteiger partial charge in [0.25, 0.3) is 5.92 Å². The maximum Gasteiger partial charge on any atom is 0.329 e. The Balaban J connectivity index is 1.92. The average Bonchev–Trinajstić information content (AvgIpc) is 2.87. The molecule has 1 aliphatic rings. The number of aliphatic hydroxyl groups is 1. The summed E-state index contributed by atoms with van der Waals surface area (Å²) >= 11 is 6.66. The zero-order valence-corrected chi connectivity index (χ0v) is 22.9. The van der Waals surface area contributed by atoms with Crippen molar-refractivity contribution in [1.82, 2.24) is 10.2 Å². The van der Waals surface area contributed by atoms with Crippen LogP contribution in [0.3, 0.4) is 0 Å². The van der Waals surface area contributed by atoms with Gasteiger partial charge in [-0.2, -0.15) is 0 Å². The number of ether oxygens (including phenoxy) is 3.